The summed E-state index contributed by atoms with van der Waals surface area (Å²) >= 11 is 0. The van der Waals surface area contributed by atoms with E-state index in [1.165, 1.54) is 11.9 Å². The molecule has 1 rings (SSSR count). The van der Waals surface area contributed by atoms with Gasteiger partial charge in [0, 0.05) is 25.8 Å². The molecule has 0 radical (unpaired) electrons. The van der Waals surface area contributed by atoms with E-state index >= 15 is 0 Å². The number of hydrogen-bond donors (Lipinski definition) is 0. The Morgan fingerprint density at radius 3 is 2.00 bits per heavy atom. The number of nitrogens with zero attached hydrogens (tertiary/aromatic N) is 1. The number of amides is 2. The van der Waals surface area contributed by atoms with Gasteiger partial charge in [-0.15, -0.1) is 0 Å². The molecule has 0 aliphatic carbocycles. The van der Waals surface area contributed by atoms with Gasteiger partial charge in [0.25, 0.3) is 0 Å². The lowest BCUT2D eigenvalue weighted by molar-refractivity contribution is -0.137. The molecule has 0 aromatic rings. The number of imide groups is 1. The van der Waals surface area contributed by atoms with Gasteiger partial charge in [0.05, 0.1) is 0 Å². The first-order valence-electron chi connectivity index (χ1n) is 4.70. The molecule has 1 unspecified atom stereocenters. The number of Topliss-reactive ketones (excluding diaryl/α,β-unsaturated/α-hetero) is 1. The van der Waals surface area contributed by atoms with Crippen molar-refractivity contribution in [1.82, 2.24) is 4.90 Å². The average molecular weight is 199 g/mol. The summed E-state index contributed by atoms with van der Waals surface area (Å²) in [4.78, 5) is 32.5. The van der Waals surface area contributed by atoms with Crippen molar-refractivity contribution in [2.45, 2.75) is 33.6 Å². The molecule has 4 heteroatoms. The molecular weight excluding hydrogens is 182 g/mol. The maximum absolute atomic E-state index is 10.8. The summed E-state index contributed by atoms with van der Waals surface area (Å²) < 4.78 is 0. The van der Waals surface area contributed by atoms with Gasteiger partial charge in [0.2, 0.25) is 11.8 Å². The van der Waals surface area contributed by atoms with E-state index in [0.29, 0.717) is 12.8 Å². The van der Waals surface area contributed by atoms with Crippen LogP contribution in [0.1, 0.15) is 33.6 Å². The highest BCUT2D eigenvalue weighted by Crippen LogP contribution is 2.15. The molecule has 0 spiro atoms. The average Bonchev–Trinajstić information content (AvgIpc) is 2.34. The van der Waals surface area contributed by atoms with Crippen molar-refractivity contribution >= 4 is 17.6 Å². The fourth-order valence-electron chi connectivity index (χ4n) is 0.940. The Balaban J connectivity index is 0.000000292. The number of carbonyl (C=O) groups is 3. The summed E-state index contributed by atoms with van der Waals surface area (Å²) in [6.07, 6.45) is 1.05. The minimum Gasteiger partial charge on any atom is -0.300 e. The summed E-state index contributed by atoms with van der Waals surface area (Å²) in [7, 11) is 1.52. The van der Waals surface area contributed by atoms with Crippen molar-refractivity contribution in [3.05, 3.63) is 0 Å². The number of ketones is 1. The van der Waals surface area contributed by atoms with Crippen LogP contribution in [0.3, 0.4) is 0 Å². The Morgan fingerprint density at radius 2 is 1.93 bits per heavy atom. The number of hydrogen-bond acceptors (Lipinski definition) is 3. The van der Waals surface area contributed by atoms with E-state index < -0.39 is 0 Å². The van der Waals surface area contributed by atoms with Gasteiger partial charge in [-0.25, -0.2) is 0 Å². The first kappa shape index (κ1) is 12.8. The standard InChI is InChI=1S/C6H9NO2.C4H8O/c1-4-3-5(8)7(2)6(4)9;1-3-4(2)5/h4H,3H2,1-2H3;3H2,1-2H3. The van der Waals surface area contributed by atoms with E-state index in [9.17, 15) is 14.4 Å². The van der Waals surface area contributed by atoms with Crippen molar-refractivity contribution in [3.63, 3.8) is 0 Å². The van der Waals surface area contributed by atoms with E-state index in [2.05, 4.69) is 0 Å². The van der Waals surface area contributed by atoms with Gasteiger partial charge in [-0.05, 0) is 6.92 Å². The van der Waals surface area contributed by atoms with Crippen molar-refractivity contribution in [2.75, 3.05) is 7.05 Å². The second-order valence-electron chi connectivity index (χ2n) is 3.45. The molecule has 0 bridgehead atoms. The van der Waals surface area contributed by atoms with Crippen molar-refractivity contribution in [1.29, 1.82) is 0 Å². The molecule has 80 valence electrons. The maximum Gasteiger partial charge on any atom is 0.232 e. The molecule has 1 saturated heterocycles. The molecular formula is C10H17NO3. The molecule has 1 heterocycles. The van der Waals surface area contributed by atoms with Gasteiger partial charge in [-0.2, -0.15) is 0 Å². The van der Waals surface area contributed by atoms with Gasteiger partial charge in [0.15, 0.2) is 0 Å². The Bertz CT molecular complexity index is 248. The highest BCUT2D eigenvalue weighted by atomic mass is 16.2. The van der Waals surface area contributed by atoms with Crippen LogP contribution in [-0.4, -0.2) is 29.5 Å². The van der Waals surface area contributed by atoms with Crippen LogP contribution in [0.5, 0.6) is 0 Å². The van der Waals surface area contributed by atoms with Crippen LogP contribution in [0.15, 0.2) is 0 Å². The molecule has 0 aromatic heterocycles. The topological polar surface area (TPSA) is 54.5 Å². The Labute approximate surface area is 84.3 Å². The first-order valence-corrected chi connectivity index (χ1v) is 4.70. The summed E-state index contributed by atoms with van der Waals surface area (Å²) in [5.41, 5.74) is 0. The third-order valence-corrected chi connectivity index (χ3v) is 2.10. The summed E-state index contributed by atoms with van der Waals surface area (Å²) in [6, 6.07) is 0. The Morgan fingerprint density at radius 1 is 1.50 bits per heavy atom. The van der Waals surface area contributed by atoms with E-state index in [1.807, 2.05) is 6.92 Å². The minimum atomic E-state index is -0.0949. The first-order chi connectivity index (χ1) is 6.40. The van der Waals surface area contributed by atoms with Gasteiger partial charge in [-0.1, -0.05) is 13.8 Å². The van der Waals surface area contributed by atoms with E-state index in [1.54, 1.807) is 13.8 Å². The maximum atomic E-state index is 10.8. The molecule has 0 saturated carbocycles. The summed E-state index contributed by atoms with van der Waals surface area (Å²) in [5, 5.41) is 0. The smallest absolute Gasteiger partial charge is 0.232 e. The third-order valence-electron chi connectivity index (χ3n) is 2.10. The molecule has 0 aromatic carbocycles. The van der Waals surface area contributed by atoms with Crippen LogP contribution in [-0.2, 0) is 14.4 Å². The second-order valence-corrected chi connectivity index (χ2v) is 3.45. The van der Waals surface area contributed by atoms with Crippen LogP contribution >= 0.6 is 0 Å². The van der Waals surface area contributed by atoms with Crippen molar-refractivity contribution in [3.8, 4) is 0 Å². The second kappa shape index (κ2) is 5.52. The van der Waals surface area contributed by atoms with Crippen molar-refractivity contribution in [2.24, 2.45) is 5.92 Å². The van der Waals surface area contributed by atoms with Crippen LogP contribution in [0.4, 0.5) is 0 Å². The quantitative estimate of drug-likeness (QED) is 0.592. The summed E-state index contributed by atoms with van der Waals surface area (Å²) in [6.45, 7) is 5.20. The lowest BCUT2D eigenvalue weighted by Gasteiger charge is -2.03. The lowest BCUT2D eigenvalue weighted by atomic mass is 10.1. The minimum absolute atomic E-state index is 0.0556. The monoisotopic (exact) mass is 199 g/mol. The van der Waals surface area contributed by atoms with Crippen molar-refractivity contribution < 1.29 is 14.4 Å². The molecule has 1 aliphatic rings. The normalized spacial score (nSPS) is 20.6. The molecule has 0 N–H and O–H groups in total. The number of carbonyl (C=O) groups excluding carboxylic acids is 3. The zero-order valence-corrected chi connectivity index (χ0v) is 9.16. The van der Waals surface area contributed by atoms with Crippen LogP contribution in [0.25, 0.3) is 0 Å². The third kappa shape index (κ3) is 3.68. The van der Waals surface area contributed by atoms with E-state index in [4.69, 9.17) is 0 Å². The summed E-state index contributed by atoms with van der Waals surface area (Å²) in [5.74, 6) is 0.0417. The molecule has 14 heavy (non-hydrogen) atoms. The zero-order valence-electron chi connectivity index (χ0n) is 9.16. The lowest BCUT2D eigenvalue weighted by Crippen LogP contribution is -2.24. The molecule has 1 aliphatic heterocycles. The molecule has 2 amide bonds. The molecule has 4 nitrogen and oxygen atoms in total. The van der Waals surface area contributed by atoms with Gasteiger partial charge >= 0.3 is 0 Å². The van der Waals surface area contributed by atoms with Crippen LogP contribution < -0.4 is 0 Å². The van der Waals surface area contributed by atoms with E-state index in [0.717, 1.165) is 0 Å². The molecule has 1 atom stereocenters. The van der Waals surface area contributed by atoms with Gasteiger partial charge < -0.3 is 4.79 Å². The fraction of sp³-hybridized carbons (Fsp3) is 0.700. The molecule has 1 fully saturated rings. The van der Waals surface area contributed by atoms with Gasteiger partial charge in [0.1, 0.15) is 5.78 Å². The highest BCUT2D eigenvalue weighted by molar-refractivity contribution is 6.02. The number of rotatable bonds is 1. The van der Waals surface area contributed by atoms with Crippen LogP contribution in [0.2, 0.25) is 0 Å². The zero-order chi connectivity index (χ0) is 11.3. The largest absolute Gasteiger partial charge is 0.300 e. The Hall–Kier alpha value is -1.19. The Kier molecular flexibility index (Phi) is 5.05. The van der Waals surface area contributed by atoms with E-state index in [-0.39, 0.29) is 23.5 Å². The SMILES string of the molecule is CC1CC(=O)N(C)C1=O.CCC(C)=O. The number of likely N-dealkylation sites (tertiary alicyclic amines) is 1. The fourth-order valence-corrected chi connectivity index (χ4v) is 0.940. The van der Waals surface area contributed by atoms with Crippen LogP contribution in [0, 0.1) is 5.92 Å². The highest BCUT2D eigenvalue weighted by Gasteiger charge is 2.32. The predicted molar refractivity (Wildman–Crippen MR) is 52.5 cm³/mol. The predicted octanol–water partition coefficient (Wildman–Crippen LogP) is 0.997. The van der Waals surface area contributed by atoms with Gasteiger partial charge in [-0.3, -0.25) is 14.5 Å².